The van der Waals surface area contributed by atoms with Crippen molar-refractivity contribution in [2.24, 2.45) is 5.41 Å². The molecule has 74 valence electrons. The van der Waals surface area contributed by atoms with Crippen LogP contribution in [0.15, 0.2) is 36.0 Å². The van der Waals surface area contributed by atoms with Gasteiger partial charge < -0.3 is 4.74 Å². The molecule has 2 aliphatic rings. The van der Waals surface area contributed by atoms with Gasteiger partial charge >= 0.3 is 5.97 Å². The lowest BCUT2D eigenvalue weighted by molar-refractivity contribution is -0.135. The Hall–Kier alpha value is -1.31. The molecule has 0 aromatic rings. The highest BCUT2D eigenvalue weighted by Crippen LogP contribution is 2.31. The lowest BCUT2D eigenvalue weighted by Gasteiger charge is -2.22. The minimum Gasteiger partial charge on any atom is -0.462 e. The van der Waals surface area contributed by atoms with E-state index in [1.165, 1.54) is 0 Å². The van der Waals surface area contributed by atoms with Crippen molar-refractivity contribution in [2.75, 3.05) is 6.61 Å². The zero-order valence-electron chi connectivity index (χ0n) is 8.32. The van der Waals surface area contributed by atoms with Crippen LogP contribution >= 0.6 is 0 Å². The Morgan fingerprint density at radius 1 is 1.50 bits per heavy atom. The molecule has 2 heteroatoms. The maximum atomic E-state index is 11.3. The summed E-state index contributed by atoms with van der Waals surface area (Å²) in [6.45, 7) is 2.67. The van der Waals surface area contributed by atoms with E-state index in [9.17, 15) is 4.79 Å². The van der Waals surface area contributed by atoms with Crippen molar-refractivity contribution in [1.29, 1.82) is 0 Å². The Labute approximate surface area is 83.9 Å². The van der Waals surface area contributed by atoms with Gasteiger partial charge in [-0.25, -0.2) is 4.79 Å². The largest absolute Gasteiger partial charge is 0.462 e. The number of allylic oxidation sites excluding steroid dienone is 5. The maximum Gasteiger partial charge on any atom is 0.333 e. The van der Waals surface area contributed by atoms with E-state index in [1.54, 1.807) is 0 Å². The van der Waals surface area contributed by atoms with E-state index in [0.717, 1.165) is 18.4 Å². The second kappa shape index (κ2) is 3.45. The Morgan fingerprint density at radius 2 is 2.36 bits per heavy atom. The SMILES string of the molecule is C[C@@]1(/C=C2\CCOC2=O)C=CC=CC1. The second-order valence-corrected chi connectivity index (χ2v) is 4.05. The fourth-order valence-corrected chi connectivity index (χ4v) is 1.83. The van der Waals surface area contributed by atoms with E-state index < -0.39 is 0 Å². The first kappa shape index (κ1) is 9.25. The summed E-state index contributed by atoms with van der Waals surface area (Å²) in [7, 11) is 0. The Balaban J connectivity index is 2.19. The van der Waals surface area contributed by atoms with Crippen LogP contribution in [0.5, 0.6) is 0 Å². The minimum atomic E-state index is -0.144. The number of rotatable bonds is 1. The molecule has 0 amide bonds. The highest BCUT2D eigenvalue weighted by Gasteiger charge is 2.25. The molecule has 1 fully saturated rings. The number of cyclic esters (lactones) is 1. The first-order valence-electron chi connectivity index (χ1n) is 4.93. The monoisotopic (exact) mass is 190 g/mol. The molecule has 1 saturated heterocycles. The summed E-state index contributed by atoms with van der Waals surface area (Å²) < 4.78 is 4.90. The first-order valence-corrected chi connectivity index (χ1v) is 4.93. The molecule has 0 aromatic carbocycles. The van der Waals surface area contributed by atoms with Crippen molar-refractivity contribution in [3.63, 3.8) is 0 Å². The summed E-state index contributed by atoms with van der Waals surface area (Å²) in [6, 6.07) is 0. The van der Waals surface area contributed by atoms with Gasteiger partial charge in [-0.3, -0.25) is 0 Å². The van der Waals surface area contributed by atoms with Crippen LogP contribution in [0.3, 0.4) is 0 Å². The van der Waals surface area contributed by atoms with Gasteiger partial charge in [0.2, 0.25) is 0 Å². The zero-order valence-corrected chi connectivity index (χ0v) is 8.32. The third kappa shape index (κ3) is 1.79. The summed E-state index contributed by atoms with van der Waals surface area (Å²) in [5.41, 5.74) is 0.820. The molecule has 1 aliphatic heterocycles. The fourth-order valence-electron chi connectivity index (χ4n) is 1.83. The molecule has 0 spiro atoms. The molecule has 0 aromatic heterocycles. The van der Waals surface area contributed by atoms with Crippen LogP contribution in [0.4, 0.5) is 0 Å². The highest BCUT2D eigenvalue weighted by molar-refractivity contribution is 5.90. The van der Waals surface area contributed by atoms with E-state index in [4.69, 9.17) is 4.74 Å². The van der Waals surface area contributed by atoms with Gasteiger partial charge in [0, 0.05) is 17.4 Å². The normalized spacial score (nSPS) is 33.8. The number of hydrogen-bond acceptors (Lipinski definition) is 2. The van der Waals surface area contributed by atoms with E-state index >= 15 is 0 Å². The van der Waals surface area contributed by atoms with Crippen LogP contribution in [0.1, 0.15) is 19.8 Å². The van der Waals surface area contributed by atoms with Crippen LogP contribution in [0.25, 0.3) is 0 Å². The van der Waals surface area contributed by atoms with E-state index in [0.29, 0.717) is 6.61 Å². The van der Waals surface area contributed by atoms with Crippen molar-refractivity contribution in [3.8, 4) is 0 Å². The Morgan fingerprint density at radius 3 is 2.93 bits per heavy atom. The predicted octanol–water partition coefficient (Wildman–Crippen LogP) is 2.38. The van der Waals surface area contributed by atoms with E-state index in [1.807, 2.05) is 18.2 Å². The molecule has 0 saturated carbocycles. The van der Waals surface area contributed by atoms with Crippen molar-refractivity contribution >= 4 is 5.97 Å². The quantitative estimate of drug-likeness (QED) is 0.468. The molecule has 2 rings (SSSR count). The second-order valence-electron chi connectivity index (χ2n) is 4.05. The summed E-state index contributed by atoms with van der Waals surface area (Å²) >= 11 is 0. The Kier molecular flexibility index (Phi) is 2.28. The van der Waals surface area contributed by atoms with Crippen LogP contribution in [0.2, 0.25) is 0 Å². The summed E-state index contributed by atoms with van der Waals surface area (Å²) in [4.78, 5) is 11.3. The lowest BCUT2D eigenvalue weighted by Crippen LogP contribution is -2.12. The molecule has 14 heavy (non-hydrogen) atoms. The van der Waals surface area contributed by atoms with Crippen molar-refractivity contribution in [3.05, 3.63) is 36.0 Å². The first-order chi connectivity index (χ1) is 6.70. The van der Waals surface area contributed by atoms with E-state index in [-0.39, 0.29) is 11.4 Å². The van der Waals surface area contributed by atoms with Gasteiger partial charge in [0.25, 0.3) is 0 Å². The third-order valence-corrected chi connectivity index (χ3v) is 2.65. The topological polar surface area (TPSA) is 26.3 Å². The van der Waals surface area contributed by atoms with E-state index in [2.05, 4.69) is 19.1 Å². The molecule has 0 radical (unpaired) electrons. The summed E-state index contributed by atoms with van der Waals surface area (Å²) in [6.07, 6.45) is 12.1. The number of esters is 1. The number of hydrogen-bond donors (Lipinski definition) is 0. The molecular formula is C12H14O2. The van der Waals surface area contributed by atoms with Crippen molar-refractivity contribution in [2.45, 2.75) is 19.8 Å². The van der Waals surface area contributed by atoms with Crippen LogP contribution in [0, 0.1) is 5.41 Å². The average Bonchev–Trinajstić information content (AvgIpc) is 2.52. The van der Waals surface area contributed by atoms with Gasteiger partial charge in [-0.1, -0.05) is 37.3 Å². The molecule has 1 aliphatic carbocycles. The standard InChI is InChI=1S/C12H14O2/c1-12(6-3-2-4-7-12)9-10-5-8-14-11(10)13/h2-4,6,9H,5,7-8H2,1H3/b10-9+/t12-/m1/s1. The number of ether oxygens (including phenoxy) is 1. The van der Waals surface area contributed by atoms with Crippen LogP contribution in [-0.4, -0.2) is 12.6 Å². The minimum absolute atomic E-state index is 0.00650. The molecule has 1 heterocycles. The van der Waals surface area contributed by atoms with Gasteiger partial charge in [-0.05, 0) is 6.42 Å². The molecule has 2 nitrogen and oxygen atoms in total. The van der Waals surface area contributed by atoms with Gasteiger partial charge in [0.15, 0.2) is 0 Å². The Bertz CT molecular complexity index is 336. The smallest absolute Gasteiger partial charge is 0.333 e. The van der Waals surface area contributed by atoms with Gasteiger partial charge in [0.1, 0.15) is 0 Å². The molecule has 0 unspecified atom stereocenters. The zero-order chi connectivity index (χ0) is 10.0. The van der Waals surface area contributed by atoms with Gasteiger partial charge in [0.05, 0.1) is 6.61 Å². The van der Waals surface area contributed by atoms with Gasteiger partial charge in [-0.2, -0.15) is 0 Å². The highest BCUT2D eigenvalue weighted by atomic mass is 16.5. The van der Waals surface area contributed by atoms with Crippen LogP contribution < -0.4 is 0 Å². The maximum absolute atomic E-state index is 11.3. The number of carbonyl (C=O) groups is 1. The van der Waals surface area contributed by atoms with Crippen molar-refractivity contribution in [1.82, 2.24) is 0 Å². The summed E-state index contributed by atoms with van der Waals surface area (Å²) in [5, 5.41) is 0. The summed E-state index contributed by atoms with van der Waals surface area (Å²) in [5.74, 6) is -0.144. The van der Waals surface area contributed by atoms with Crippen LogP contribution in [-0.2, 0) is 9.53 Å². The third-order valence-electron chi connectivity index (χ3n) is 2.65. The van der Waals surface area contributed by atoms with Crippen molar-refractivity contribution < 1.29 is 9.53 Å². The molecule has 1 atom stereocenters. The lowest BCUT2D eigenvalue weighted by atomic mass is 9.82. The van der Waals surface area contributed by atoms with Gasteiger partial charge in [-0.15, -0.1) is 0 Å². The fraction of sp³-hybridized carbons (Fsp3) is 0.417. The molecule has 0 N–H and O–H groups in total. The predicted molar refractivity (Wildman–Crippen MR) is 54.7 cm³/mol. The number of carbonyl (C=O) groups excluding carboxylic acids is 1. The molecule has 0 bridgehead atoms. The average molecular weight is 190 g/mol. The molecular weight excluding hydrogens is 176 g/mol.